The first kappa shape index (κ1) is 47.6. The van der Waals surface area contributed by atoms with E-state index in [0.717, 1.165) is 12.0 Å². The topological polar surface area (TPSA) is 170 Å². The van der Waals surface area contributed by atoms with Gasteiger partial charge in [0, 0.05) is 51.7 Å². The van der Waals surface area contributed by atoms with E-state index in [4.69, 9.17) is 47.4 Å². The highest BCUT2D eigenvalue weighted by molar-refractivity contribution is 5.78. The van der Waals surface area contributed by atoms with Gasteiger partial charge in [-0.15, -0.1) is 0 Å². The lowest BCUT2D eigenvalue weighted by molar-refractivity contribution is -0.318. The average Bonchev–Trinajstić information content (AvgIpc) is 3.58. The Bertz CT molecular complexity index is 1730. The first-order chi connectivity index (χ1) is 29.5. The zero-order chi connectivity index (χ0) is 44.7. The molecule has 2 bridgehead atoms. The zero-order valence-corrected chi connectivity index (χ0v) is 38.2. The van der Waals surface area contributed by atoms with Gasteiger partial charge in [-0.3, -0.25) is 4.79 Å². The third-order valence-electron chi connectivity index (χ3n) is 14.5. The molecule has 14 heteroatoms. The van der Waals surface area contributed by atoms with E-state index in [2.05, 4.69) is 39.8 Å². The van der Waals surface area contributed by atoms with Gasteiger partial charge in [0.15, 0.2) is 18.4 Å². The molecule has 1 unspecified atom stereocenters. The van der Waals surface area contributed by atoms with Crippen molar-refractivity contribution in [3.8, 4) is 0 Å². The van der Waals surface area contributed by atoms with Crippen molar-refractivity contribution in [2.75, 3.05) is 20.8 Å². The van der Waals surface area contributed by atoms with Crippen molar-refractivity contribution >= 4 is 5.97 Å². The zero-order valence-electron chi connectivity index (χ0n) is 38.2. The molecule has 7 rings (SSSR count). The van der Waals surface area contributed by atoms with Crippen LogP contribution in [0, 0.1) is 23.7 Å². The number of rotatable bonds is 8. The lowest BCUT2D eigenvalue weighted by atomic mass is 9.71. The highest BCUT2D eigenvalue weighted by atomic mass is 16.7. The third-order valence-corrected chi connectivity index (χ3v) is 14.5. The van der Waals surface area contributed by atoms with E-state index in [1.807, 2.05) is 32.1 Å². The van der Waals surface area contributed by atoms with Crippen LogP contribution in [0.1, 0.15) is 93.9 Å². The summed E-state index contributed by atoms with van der Waals surface area (Å²) in [5, 5.41) is 34.2. The Kier molecular flexibility index (Phi) is 15.1. The van der Waals surface area contributed by atoms with Crippen LogP contribution in [0.3, 0.4) is 0 Å². The van der Waals surface area contributed by atoms with Gasteiger partial charge in [-0.2, -0.15) is 0 Å². The maximum absolute atomic E-state index is 14.3. The second-order valence-corrected chi connectivity index (χ2v) is 19.0. The molecule has 3 N–H and O–H groups in total. The van der Waals surface area contributed by atoms with Gasteiger partial charge in [0.25, 0.3) is 0 Å². The van der Waals surface area contributed by atoms with Gasteiger partial charge in [-0.25, -0.2) is 0 Å². The Balaban J connectivity index is 1.18. The lowest BCUT2D eigenvalue weighted by Gasteiger charge is -2.48. The number of allylic oxidation sites excluding steroid dienone is 2. The number of methoxy groups -OCH3 is 2. The summed E-state index contributed by atoms with van der Waals surface area (Å²) in [4.78, 5) is 14.3. The molecule has 6 heterocycles. The molecule has 1 spiro atoms. The van der Waals surface area contributed by atoms with Gasteiger partial charge in [0.05, 0.1) is 49.3 Å². The fourth-order valence-electron chi connectivity index (χ4n) is 10.6. The predicted octanol–water partition coefficient (Wildman–Crippen LogP) is 5.38. The quantitative estimate of drug-likeness (QED) is 0.210. The van der Waals surface area contributed by atoms with Crippen LogP contribution in [0.5, 0.6) is 0 Å². The fourth-order valence-corrected chi connectivity index (χ4v) is 10.6. The molecule has 0 aromatic carbocycles. The summed E-state index contributed by atoms with van der Waals surface area (Å²) in [6, 6.07) is 0. The Hall–Kier alpha value is -2.31. The second kappa shape index (κ2) is 19.7. The van der Waals surface area contributed by atoms with Crippen molar-refractivity contribution in [2.45, 2.75) is 191 Å². The highest BCUT2D eigenvalue weighted by Gasteiger charge is 2.60. The van der Waals surface area contributed by atoms with Gasteiger partial charge in [-0.1, -0.05) is 70.6 Å². The minimum atomic E-state index is -1.84. The van der Waals surface area contributed by atoms with Crippen LogP contribution < -0.4 is 0 Å². The van der Waals surface area contributed by atoms with Crippen molar-refractivity contribution in [1.82, 2.24) is 0 Å². The molecule has 6 aliphatic heterocycles. The van der Waals surface area contributed by atoms with Crippen LogP contribution in [0.25, 0.3) is 0 Å². The number of aliphatic hydroxyl groups is 3. The van der Waals surface area contributed by atoms with Gasteiger partial charge in [0.1, 0.15) is 42.0 Å². The summed E-state index contributed by atoms with van der Waals surface area (Å²) in [7, 11) is 3.22. The van der Waals surface area contributed by atoms with Gasteiger partial charge >= 0.3 is 5.97 Å². The van der Waals surface area contributed by atoms with Gasteiger partial charge < -0.3 is 62.7 Å². The highest BCUT2D eigenvalue weighted by Crippen LogP contribution is 2.47. The normalized spacial score (nSPS) is 49.1. The molecule has 14 nitrogen and oxygen atoms in total. The molecule has 0 aromatic rings. The molecule has 1 aliphatic carbocycles. The van der Waals surface area contributed by atoms with E-state index in [9.17, 15) is 20.1 Å². The van der Waals surface area contributed by atoms with E-state index in [0.29, 0.717) is 43.3 Å². The number of ether oxygens (including phenoxy) is 10. The van der Waals surface area contributed by atoms with Crippen LogP contribution in [-0.2, 0) is 52.2 Å². The number of fused-ring (bicyclic) bond motifs is 2. The van der Waals surface area contributed by atoms with Crippen molar-refractivity contribution in [3.63, 3.8) is 0 Å². The monoisotopic (exact) mass is 872 g/mol. The number of carbonyl (C=O) groups excluding carboxylic acids is 1. The van der Waals surface area contributed by atoms with E-state index in [-0.39, 0.29) is 42.7 Å². The standard InChI is InChI=1S/C48H72O14/c1-11-25(2)43-28(5)17-18-47(62-43)23-34-20-33(61-47)16-15-27(4)42(26(3)13-12-14-32-24-55-45-40(49)29(6)19-35(46(51)58-34)48(32,45)52)59-39-22-37(54-10)44(31(8)57-39)60-38-21-36(53-9)41(50)30(7)56-38/h12-15,17-19,25-26,28,30-31,33-45,49-50,52H,11,16,20-24H2,1-10H3/b13-12+,27-15+,32-14+/t25-,26-,28-,30-,31-,33+,34-,35-,36-,37-,38-,39-,40+,41-,42+,43+,44?,45+,47+,48+/m0/s1. The lowest BCUT2D eigenvalue weighted by Crippen LogP contribution is -2.58. The molecular weight excluding hydrogens is 801 g/mol. The number of carbonyl (C=O) groups is 1. The molecule has 0 amide bonds. The Morgan fingerprint density at radius 3 is 2.32 bits per heavy atom. The summed E-state index contributed by atoms with van der Waals surface area (Å²) >= 11 is 0. The molecule has 20 atom stereocenters. The largest absolute Gasteiger partial charge is 0.462 e. The number of hydrogen-bond donors (Lipinski definition) is 3. The smallest absolute Gasteiger partial charge is 0.316 e. The number of aliphatic hydroxyl groups excluding tert-OH is 2. The molecule has 62 heavy (non-hydrogen) atoms. The van der Waals surface area contributed by atoms with Crippen LogP contribution in [0.4, 0.5) is 0 Å². The van der Waals surface area contributed by atoms with Crippen molar-refractivity contribution in [1.29, 1.82) is 0 Å². The summed E-state index contributed by atoms with van der Waals surface area (Å²) in [6.45, 7) is 16.1. The third kappa shape index (κ3) is 9.64. The summed E-state index contributed by atoms with van der Waals surface area (Å²) in [5.74, 6) is -2.56. The number of hydrogen-bond acceptors (Lipinski definition) is 14. The first-order valence-corrected chi connectivity index (χ1v) is 22.9. The molecule has 4 fully saturated rings. The molecular formula is C48H72O14. The van der Waals surface area contributed by atoms with E-state index in [1.165, 1.54) is 0 Å². The van der Waals surface area contributed by atoms with Crippen LogP contribution in [0.2, 0.25) is 0 Å². The summed E-state index contributed by atoms with van der Waals surface area (Å²) in [6.07, 6.45) is 8.55. The van der Waals surface area contributed by atoms with Gasteiger partial charge in [0.2, 0.25) is 0 Å². The van der Waals surface area contributed by atoms with E-state index in [1.54, 1.807) is 40.2 Å². The van der Waals surface area contributed by atoms with Crippen molar-refractivity contribution in [3.05, 3.63) is 59.3 Å². The van der Waals surface area contributed by atoms with Crippen molar-refractivity contribution < 1.29 is 67.5 Å². The van der Waals surface area contributed by atoms with E-state index < -0.39 is 90.8 Å². The molecule has 4 saturated heterocycles. The maximum Gasteiger partial charge on any atom is 0.316 e. The molecule has 0 saturated carbocycles. The minimum absolute atomic E-state index is 0.0317. The Morgan fingerprint density at radius 2 is 1.60 bits per heavy atom. The summed E-state index contributed by atoms with van der Waals surface area (Å²) < 4.78 is 63.7. The second-order valence-electron chi connectivity index (χ2n) is 19.0. The Morgan fingerprint density at radius 1 is 0.887 bits per heavy atom. The van der Waals surface area contributed by atoms with Crippen LogP contribution in [0.15, 0.2) is 59.3 Å². The van der Waals surface area contributed by atoms with Crippen LogP contribution in [-0.4, -0.2) is 139 Å². The molecule has 0 radical (unpaired) electrons. The average molecular weight is 873 g/mol. The SMILES string of the molecule is CC[C@H](C)[C@H]1O[C@]2(C=C[C@@H]1C)C[C@@H]1C[C@@H](C/C=C(\C)[C@H](O[C@H]3C[C@H](OC)C(O[C@H]4C[C@H](OC)[C@@H](O)[C@H](C)O4)[C@H](C)O3)[C@@H](C)/C=C/C=C3\CO[C@@H]4[C@H](O)C(C)=C[C@@H](C(=O)O1)[C@]34O)O2. The fraction of sp³-hybridized carbons (Fsp3) is 0.771. The first-order valence-electron chi connectivity index (χ1n) is 22.9. The Labute approximate surface area is 367 Å². The maximum atomic E-state index is 14.3. The summed E-state index contributed by atoms with van der Waals surface area (Å²) in [5.41, 5.74) is 0.134. The molecule has 348 valence electrons. The minimum Gasteiger partial charge on any atom is -0.462 e. The van der Waals surface area contributed by atoms with Crippen molar-refractivity contribution in [2.24, 2.45) is 23.7 Å². The van der Waals surface area contributed by atoms with Gasteiger partial charge in [-0.05, 0) is 62.8 Å². The predicted molar refractivity (Wildman–Crippen MR) is 227 cm³/mol. The van der Waals surface area contributed by atoms with Crippen LogP contribution >= 0.6 is 0 Å². The van der Waals surface area contributed by atoms with E-state index >= 15 is 0 Å². The molecule has 0 aromatic heterocycles. The molecule has 7 aliphatic rings. The number of esters is 1.